The number of hydrogen-bond donors (Lipinski definition) is 0. The minimum atomic E-state index is 0.885. The predicted octanol–water partition coefficient (Wildman–Crippen LogP) is 5.08. The summed E-state index contributed by atoms with van der Waals surface area (Å²) in [5.74, 6) is 0. The largest absolute Gasteiger partial charge is 0.298 e. The van der Waals surface area contributed by atoms with E-state index in [4.69, 9.17) is 0 Å². The summed E-state index contributed by atoms with van der Waals surface area (Å²) in [6.45, 7) is 10.1. The highest BCUT2D eigenvalue weighted by molar-refractivity contribution is 4.89. The van der Waals surface area contributed by atoms with Crippen LogP contribution in [0.5, 0.6) is 0 Å². The molecular weight excluding hydrogens is 268 g/mol. The zero-order valence-corrected chi connectivity index (χ0v) is 15.4. The normalized spacial score (nSPS) is 24.5. The van der Waals surface area contributed by atoms with Gasteiger partial charge in [-0.25, -0.2) is 0 Å². The van der Waals surface area contributed by atoms with Gasteiger partial charge in [0.25, 0.3) is 0 Å². The molecule has 0 amide bonds. The second kappa shape index (κ2) is 10.6. The molecule has 0 saturated carbocycles. The van der Waals surface area contributed by atoms with Crippen molar-refractivity contribution in [3.63, 3.8) is 0 Å². The van der Waals surface area contributed by atoms with Crippen LogP contribution in [0.15, 0.2) is 0 Å². The molecule has 0 aromatic rings. The van der Waals surface area contributed by atoms with Crippen LogP contribution in [0.25, 0.3) is 0 Å². The molecule has 2 atom stereocenters. The highest BCUT2D eigenvalue weighted by Crippen LogP contribution is 2.26. The van der Waals surface area contributed by atoms with E-state index in [-0.39, 0.29) is 0 Å². The van der Waals surface area contributed by atoms with Gasteiger partial charge in [0, 0.05) is 31.7 Å². The van der Waals surface area contributed by atoms with E-state index in [1.54, 1.807) is 0 Å². The van der Waals surface area contributed by atoms with E-state index in [2.05, 4.69) is 23.6 Å². The van der Waals surface area contributed by atoms with Crippen molar-refractivity contribution in [1.29, 1.82) is 0 Å². The molecule has 22 heavy (non-hydrogen) atoms. The Bertz CT molecular complexity index is 279. The average molecular weight is 309 g/mol. The van der Waals surface area contributed by atoms with E-state index in [1.165, 1.54) is 103 Å². The predicted molar refractivity (Wildman–Crippen MR) is 97.5 cm³/mol. The molecule has 0 N–H and O–H groups in total. The van der Waals surface area contributed by atoms with Gasteiger partial charge in [-0.3, -0.25) is 9.80 Å². The van der Waals surface area contributed by atoms with Crippen LogP contribution in [0.3, 0.4) is 0 Å². The van der Waals surface area contributed by atoms with Gasteiger partial charge in [0.1, 0.15) is 0 Å². The zero-order valence-electron chi connectivity index (χ0n) is 15.4. The van der Waals surface area contributed by atoms with Crippen molar-refractivity contribution < 1.29 is 0 Å². The molecule has 2 fully saturated rings. The first-order valence-corrected chi connectivity index (χ1v) is 10.3. The van der Waals surface area contributed by atoms with Crippen molar-refractivity contribution in [2.45, 2.75) is 103 Å². The third-order valence-corrected chi connectivity index (χ3v) is 5.92. The Morgan fingerprint density at radius 1 is 0.818 bits per heavy atom. The molecular formula is C20H40N2. The van der Waals surface area contributed by atoms with Crippen LogP contribution >= 0.6 is 0 Å². The van der Waals surface area contributed by atoms with Crippen LogP contribution in [-0.2, 0) is 0 Å². The lowest BCUT2D eigenvalue weighted by Crippen LogP contribution is -2.53. The minimum Gasteiger partial charge on any atom is -0.298 e. The molecule has 0 radical (unpaired) electrons. The van der Waals surface area contributed by atoms with Gasteiger partial charge in [0.15, 0.2) is 0 Å². The maximum absolute atomic E-state index is 2.88. The smallest absolute Gasteiger partial charge is 0.0224 e. The monoisotopic (exact) mass is 308 g/mol. The Morgan fingerprint density at radius 3 is 2.27 bits per heavy atom. The molecule has 2 heteroatoms. The summed E-state index contributed by atoms with van der Waals surface area (Å²) in [5, 5.41) is 0. The van der Waals surface area contributed by atoms with E-state index in [1.807, 2.05) is 0 Å². The van der Waals surface area contributed by atoms with Crippen molar-refractivity contribution in [2.75, 3.05) is 26.2 Å². The molecule has 2 aliphatic rings. The minimum absolute atomic E-state index is 0.885. The zero-order chi connectivity index (χ0) is 15.6. The lowest BCUT2D eigenvalue weighted by molar-refractivity contribution is 0.0629. The number of piperazine rings is 1. The van der Waals surface area contributed by atoms with Gasteiger partial charge in [-0.15, -0.1) is 0 Å². The van der Waals surface area contributed by atoms with E-state index in [0.717, 1.165) is 12.1 Å². The number of rotatable bonds is 11. The summed E-state index contributed by atoms with van der Waals surface area (Å²) < 4.78 is 0. The number of nitrogens with zero attached hydrogens (tertiary/aromatic N) is 2. The first-order chi connectivity index (χ1) is 10.8. The van der Waals surface area contributed by atoms with Gasteiger partial charge in [0.2, 0.25) is 0 Å². The SMILES string of the molecule is CCCCCCCC(CCCCC)N1CCN2CCCC2C1. The number of hydrogen-bond acceptors (Lipinski definition) is 2. The van der Waals surface area contributed by atoms with Crippen molar-refractivity contribution in [3.05, 3.63) is 0 Å². The second-order valence-corrected chi connectivity index (χ2v) is 7.68. The van der Waals surface area contributed by atoms with Crippen LogP contribution in [0, 0.1) is 0 Å². The molecule has 0 bridgehead atoms. The molecule has 0 aliphatic carbocycles. The lowest BCUT2D eigenvalue weighted by atomic mass is 9.98. The van der Waals surface area contributed by atoms with Crippen LogP contribution in [0.2, 0.25) is 0 Å². The van der Waals surface area contributed by atoms with Gasteiger partial charge in [-0.1, -0.05) is 65.2 Å². The van der Waals surface area contributed by atoms with E-state index in [9.17, 15) is 0 Å². The van der Waals surface area contributed by atoms with E-state index in [0.29, 0.717) is 0 Å². The van der Waals surface area contributed by atoms with Gasteiger partial charge < -0.3 is 0 Å². The Labute approximate surface area is 139 Å². The van der Waals surface area contributed by atoms with Crippen LogP contribution in [0.4, 0.5) is 0 Å². The molecule has 2 heterocycles. The Kier molecular flexibility index (Phi) is 8.84. The van der Waals surface area contributed by atoms with Crippen LogP contribution in [-0.4, -0.2) is 48.1 Å². The van der Waals surface area contributed by atoms with Gasteiger partial charge in [0.05, 0.1) is 0 Å². The Morgan fingerprint density at radius 2 is 1.50 bits per heavy atom. The number of unbranched alkanes of at least 4 members (excludes halogenated alkanes) is 6. The summed E-state index contributed by atoms with van der Waals surface area (Å²) >= 11 is 0. The first kappa shape index (κ1) is 18.3. The van der Waals surface area contributed by atoms with Crippen molar-refractivity contribution in [2.24, 2.45) is 0 Å². The molecule has 2 rings (SSSR count). The maximum Gasteiger partial charge on any atom is 0.0224 e. The molecule has 2 unspecified atom stereocenters. The third kappa shape index (κ3) is 5.85. The van der Waals surface area contributed by atoms with Crippen molar-refractivity contribution in [3.8, 4) is 0 Å². The average Bonchev–Trinajstić information content (AvgIpc) is 3.00. The second-order valence-electron chi connectivity index (χ2n) is 7.68. The van der Waals surface area contributed by atoms with Gasteiger partial charge in [-0.05, 0) is 32.2 Å². The lowest BCUT2D eigenvalue weighted by Gasteiger charge is -2.42. The standard InChI is InChI=1S/C20H40N2/c1-3-5-7-8-10-13-19(12-9-6-4-2)22-17-16-21-15-11-14-20(21)18-22/h19-20H,3-18H2,1-2H3. The first-order valence-electron chi connectivity index (χ1n) is 10.3. The highest BCUT2D eigenvalue weighted by Gasteiger charge is 2.32. The molecule has 130 valence electrons. The summed E-state index contributed by atoms with van der Waals surface area (Å²) in [5.41, 5.74) is 0. The van der Waals surface area contributed by atoms with Crippen molar-refractivity contribution >= 4 is 0 Å². The molecule has 0 spiro atoms. The fourth-order valence-corrected chi connectivity index (χ4v) is 4.47. The van der Waals surface area contributed by atoms with Crippen LogP contribution in [0.1, 0.15) is 90.9 Å². The summed E-state index contributed by atoms with van der Waals surface area (Å²) in [4.78, 5) is 5.63. The third-order valence-electron chi connectivity index (χ3n) is 5.92. The summed E-state index contributed by atoms with van der Waals surface area (Å²) in [7, 11) is 0. The summed E-state index contributed by atoms with van der Waals surface area (Å²) in [6, 6.07) is 1.78. The van der Waals surface area contributed by atoms with E-state index >= 15 is 0 Å². The number of fused-ring (bicyclic) bond motifs is 1. The fourth-order valence-electron chi connectivity index (χ4n) is 4.47. The molecule has 0 aromatic heterocycles. The maximum atomic E-state index is 2.88. The topological polar surface area (TPSA) is 6.48 Å². The molecule has 0 aromatic carbocycles. The molecule has 2 nitrogen and oxygen atoms in total. The Balaban J connectivity index is 1.75. The van der Waals surface area contributed by atoms with Gasteiger partial charge >= 0.3 is 0 Å². The van der Waals surface area contributed by atoms with Crippen molar-refractivity contribution in [1.82, 2.24) is 9.80 Å². The van der Waals surface area contributed by atoms with Crippen LogP contribution < -0.4 is 0 Å². The molecule has 2 saturated heterocycles. The molecule has 2 aliphatic heterocycles. The Hall–Kier alpha value is -0.0800. The highest BCUT2D eigenvalue weighted by atomic mass is 15.3. The van der Waals surface area contributed by atoms with E-state index < -0.39 is 0 Å². The van der Waals surface area contributed by atoms with Gasteiger partial charge in [-0.2, -0.15) is 0 Å². The quantitative estimate of drug-likeness (QED) is 0.491. The fraction of sp³-hybridized carbons (Fsp3) is 1.00. The summed E-state index contributed by atoms with van der Waals surface area (Å²) in [6.07, 6.45) is 17.2.